The SMILES string of the molecule is C/C=C(\C=NC(C)C(C)C1CO1)c1ccc(/C(CC)=N/N=C(\C)N(C)C2CC(C)(C)NC(C)(C)C2)c(O)c1.C=CC. The molecule has 0 radical (unpaired) electrons. The lowest BCUT2D eigenvalue weighted by molar-refractivity contribution is 0.113. The molecule has 0 amide bonds. The van der Waals surface area contributed by atoms with Gasteiger partial charge in [-0.25, -0.2) is 0 Å². The molecule has 0 aliphatic carbocycles. The van der Waals surface area contributed by atoms with Crippen LogP contribution < -0.4 is 5.32 Å². The largest absolute Gasteiger partial charge is 0.507 e. The predicted molar refractivity (Wildman–Crippen MR) is 177 cm³/mol. The van der Waals surface area contributed by atoms with Crippen LogP contribution in [0.1, 0.15) is 99.6 Å². The summed E-state index contributed by atoms with van der Waals surface area (Å²) in [7, 11) is 2.10. The average Bonchev–Trinajstić information content (AvgIpc) is 3.73. The van der Waals surface area contributed by atoms with Gasteiger partial charge in [0.25, 0.3) is 0 Å². The Hall–Kier alpha value is -2.77. The van der Waals surface area contributed by atoms with Crippen LogP contribution in [0.15, 0.2) is 52.1 Å². The van der Waals surface area contributed by atoms with Gasteiger partial charge in [0.1, 0.15) is 11.6 Å². The van der Waals surface area contributed by atoms with Crippen molar-refractivity contribution < 1.29 is 9.84 Å². The minimum absolute atomic E-state index is 0.0603. The highest BCUT2D eigenvalue weighted by Gasteiger charge is 2.39. The Morgan fingerprint density at radius 1 is 1.17 bits per heavy atom. The number of hydrogen-bond donors (Lipinski definition) is 2. The summed E-state index contributed by atoms with van der Waals surface area (Å²) >= 11 is 0. The molecule has 7 nitrogen and oxygen atoms in total. The van der Waals surface area contributed by atoms with Gasteiger partial charge < -0.3 is 20.1 Å². The number of aromatic hydroxyl groups is 1. The molecule has 2 fully saturated rings. The number of phenolic OH excluding ortho intramolecular Hbond substituents is 1. The Morgan fingerprint density at radius 3 is 2.24 bits per heavy atom. The van der Waals surface area contributed by atoms with Crippen LogP contribution in [-0.4, -0.2) is 70.7 Å². The first-order valence-corrected chi connectivity index (χ1v) is 15.0. The summed E-state index contributed by atoms with van der Waals surface area (Å²) in [6, 6.07) is 6.29. The van der Waals surface area contributed by atoms with Crippen LogP contribution in [0.3, 0.4) is 0 Å². The van der Waals surface area contributed by atoms with Crippen molar-refractivity contribution >= 4 is 23.3 Å². The van der Waals surface area contributed by atoms with Gasteiger partial charge >= 0.3 is 0 Å². The van der Waals surface area contributed by atoms with E-state index in [0.717, 1.165) is 42.1 Å². The number of benzene rings is 1. The fourth-order valence-electron chi connectivity index (χ4n) is 5.60. The molecule has 41 heavy (non-hydrogen) atoms. The summed E-state index contributed by atoms with van der Waals surface area (Å²) in [4.78, 5) is 7.00. The number of nitrogens with one attached hydrogen (secondary N) is 1. The summed E-state index contributed by atoms with van der Waals surface area (Å²) < 4.78 is 5.42. The molecule has 2 N–H and O–H groups in total. The quantitative estimate of drug-likeness (QED) is 0.109. The highest BCUT2D eigenvalue weighted by atomic mass is 16.6. The van der Waals surface area contributed by atoms with Gasteiger partial charge in [-0.1, -0.05) is 32.1 Å². The third-order valence-electron chi connectivity index (χ3n) is 7.99. The van der Waals surface area contributed by atoms with Crippen molar-refractivity contribution in [2.75, 3.05) is 13.7 Å². The van der Waals surface area contributed by atoms with Crippen molar-refractivity contribution in [3.05, 3.63) is 48.1 Å². The second-order valence-corrected chi connectivity index (χ2v) is 12.7. The zero-order chi connectivity index (χ0) is 31.0. The lowest BCUT2D eigenvalue weighted by atomic mass is 9.79. The number of amidine groups is 1. The first-order chi connectivity index (χ1) is 19.2. The van der Waals surface area contributed by atoms with Crippen LogP contribution >= 0.6 is 0 Å². The molecule has 3 atom stereocenters. The molecule has 2 heterocycles. The summed E-state index contributed by atoms with van der Waals surface area (Å²) in [5.41, 5.74) is 3.48. The molecule has 7 heteroatoms. The maximum Gasteiger partial charge on any atom is 0.125 e. The van der Waals surface area contributed by atoms with E-state index < -0.39 is 0 Å². The number of epoxide rings is 1. The molecule has 0 saturated carbocycles. The van der Waals surface area contributed by atoms with Crippen molar-refractivity contribution in [3.8, 4) is 5.75 Å². The van der Waals surface area contributed by atoms with Gasteiger partial charge in [-0.2, -0.15) is 5.10 Å². The third-order valence-corrected chi connectivity index (χ3v) is 7.99. The number of ether oxygens (including phenoxy) is 1. The topological polar surface area (TPSA) is 85.1 Å². The van der Waals surface area contributed by atoms with Gasteiger partial charge in [-0.15, -0.1) is 11.7 Å². The molecule has 1 aromatic rings. The Labute approximate surface area is 249 Å². The molecular weight excluding hydrogens is 510 g/mol. The maximum absolute atomic E-state index is 10.9. The van der Waals surface area contributed by atoms with Crippen LogP contribution in [0.4, 0.5) is 0 Å². The number of allylic oxidation sites excluding steroid dienone is 3. The lowest BCUT2D eigenvalue weighted by Gasteiger charge is -2.49. The summed E-state index contributed by atoms with van der Waals surface area (Å²) in [6.45, 7) is 25.5. The van der Waals surface area contributed by atoms with Gasteiger partial charge in [-0.3, -0.25) is 4.99 Å². The first kappa shape index (κ1) is 34.4. The number of rotatable bonds is 9. The van der Waals surface area contributed by atoms with Crippen LogP contribution in [0.5, 0.6) is 5.75 Å². The van der Waals surface area contributed by atoms with E-state index in [4.69, 9.17) is 9.73 Å². The fourth-order valence-corrected chi connectivity index (χ4v) is 5.60. The summed E-state index contributed by atoms with van der Waals surface area (Å²) in [5.74, 6) is 1.46. The van der Waals surface area contributed by atoms with Crippen molar-refractivity contribution in [1.82, 2.24) is 10.2 Å². The number of nitrogens with zero attached hydrogens (tertiary/aromatic N) is 4. The number of phenols is 1. The summed E-state index contributed by atoms with van der Waals surface area (Å²) in [5, 5.41) is 23.9. The Kier molecular flexibility index (Phi) is 12.5. The van der Waals surface area contributed by atoms with E-state index in [-0.39, 0.29) is 22.9 Å². The first-order valence-electron chi connectivity index (χ1n) is 15.0. The van der Waals surface area contributed by atoms with E-state index in [0.29, 0.717) is 30.0 Å². The van der Waals surface area contributed by atoms with E-state index >= 15 is 0 Å². The van der Waals surface area contributed by atoms with Gasteiger partial charge in [0, 0.05) is 41.9 Å². The predicted octanol–water partition coefficient (Wildman–Crippen LogP) is 7.26. The molecule has 3 rings (SSSR count). The van der Waals surface area contributed by atoms with Crippen LogP contribution in [0.25, 0.3) is 5.57 Å². The minimum atomic E-state index is 0.0603. The maximum atomic E-state index is 10.9. The van der Waals surface area contributed by atoms with Gasteiger partial charge in [0.15, 0.2) is 0 Å². The van der Waals surface area contributed by atoms with Crippen molar-refractivity contribution in [1.29, 1.82) is 0 Å². The Bertz CT molecular complexity index is 1130. The second-order valence-electron chi connectivity index (χ2n) is 12.7. The monoisotopic (exact) mass is 565 g/mol. The highest BCUT2D eigenvalue weighted by Crippen LogP contribution is 2.31. The van der Waals surface area contributed by atoms with E-state index in [1.807, 2.05) is 52.1 Å². The van der Waals surface area contributed by atoms with E-state index in [2.05, 4.69) is 75.6 Å². The molecule has 1 aromatic carbocycles. The van der Waals surface area contributed by atoms with Gasteiger partial charge in [-0.05, 0) is 97.9 Å². The second kappa shape index (κ2) is 14.9. The molecule has 228 valence electrons. The number of piperidine rings is 1. The van der Waals surface area contributed by atoms with E-state index in [9.17, 15) is 5.11 Å². The van der Waals surface area contributed by atoms with Crippen LogP contribution in [0, 0.1) is 5.92 Å². The average molecular weight is 566 g/mol. The Morgan fingerprint density at radius 2 is 1.76 bits per heavy atom. The zero-order valence-corrected chi connectivity index (χ0v) is 27.5. The Balaban J connectivity index is 0.00000187. The molecular formula is C34H55N5O2. The van der Waals surface area contributed by atoms with Gasteiger partial charge in [0.2, 0.25) is 0 Å². The smallest absolute Gasteiger partial charge is 0.125 e. The summed E-state index contributed by atoms with van der Waals surface area (Å²) in [6.07, 6.45) is 8.74. The lowest BCUT2D eigenvalue weighted by Crippen LogP contribution is -2.62. The van der Waals surface area contributed by atoms with Gasteiger partial charge in [0.05, 0.1) is 24.5 Å². The molecule has 0 spiro atoms. The fraction of sp³-hybridized carbons (Fsp3) is 0.618. The minimum Gasteiger partial charge on any atom is -0.507 e. The number of hydrogen-bond acceptors (Lipinski definition) is 6. The van der Waals surface area contributed by atoms with Crippen molar-refractivity contribution in [3.63, 3.8) is 0 Å². The van der Waals surface area contributed by atoms with Crippen molar-refractivity contribution in [2.45, 2.75) is 118 Å². The number of aliphatic imine (C=N–C) groups is 1. The van der Waals surface area contributed by atoms with Crippen LogP contribution in [0.2, 0.25) is 0 Å². The normalized spacial score (nSPS) is 22.5. The molecule has 2 aliphatic rings. The molecule has 0 bridgehead atoms. The highest BCUT2D eigenvalue weighted by molar-refractivity contribution is 6.10. The molecule has 3 unspecified atom stereocenters. The molecule has 2 saturated heterocycles. The molecule has 2 aliphatic heterocycles. The molecule has 0 aromatic heterocycles. The zero-order valence-electron chi connectivity index (χ0n) is 27.5. The standard InChI is InChI=1S/C31H49N5O2.C3H6/c1-11-23(18-32-21(4)20(3)29-19-38-29)24-13-14-26(28(37)15-24)27(12-2)34-33-22(5)36(10)25-16-30(6,7)35-31(8,9)17-25;1-3-2/h11,13-15,18,20-21,25,29,35,37H,12,16-17,19H2,1-10H3;3H,1H2,2H3/b23-11+,32-18?,33-22+,34-27+;. The van der Waals surface area contributed by atoms with E-state index in [1.165, 1.54) is 0 Å². The van der Waals surface area contributed by atoms with E-state index in [1.54, 1.807) is 12.1 Å². The third kappa shape index (κ3) is 10.2. The van der Waals surface area contributed by atoms with Crippen molar-refractivity contribution in [2.24, 2.45) is 21.1 Å². The van der Waals surface area contributed by atoms with Crippen LogP contribution in [-0.2, 0) is 4.74 Å².